The molecule has 2 N–H and O–H groups in total. The maximum Gasteiger partial charge on any atom is 0.141 e. The van der Waals surface area contributed by atoms with Crippen molar-refractivity contribution in [2.24, 2.45) is 0 Å². The molecule has 18 heavy (non-hydrogen) atoms. The first-order valence-corrected chi connectivity index (χ1v) is 6.21. The minimum atomic E-state index is -0.418. The zero-order valence-corrected chi connectivity index (χ0v) is 11.1. The molecule has 2 aromatic rings. The molecule has 3 heteroatoms. The van der Waals surface area contributed by atoms with Crippen molar-refractivity contribution in [3.8, 4) is 11.1 Å². The summed E-state index contributed by atoms with van der Waals surface area (Å²) in [5.41, 5.74) is 9.56. The van der Waals surface area contributed by atoms with Crippen molar-refractivity contribution in [1.29, 1.82) is 0 Å². The van der Waals surface area contributed by atoms with E-state index in [2.05, 4.69) is 13.8 Å². The second-order valence-electron chi connectivity index (χ2n) is 4.63. The third-order valence-corrected chi connectivity index (χ3v) is 3.26. The molecule has 0 radical (unpaired) electrons. The maximum atomic E-state index is 13.2. The van der Waals surface area contributed by atoms with Gasteiger partial charge in [-0.05, 0) is 41.3 Å². The fourth-order valence-electron chi connectivity index (χ4n) is 1.85. The van der Waals surface area contributed by atoms with E-state index in [1.807, 2.05) is 18.2 Å². The van der Waals surface area contributed by atoms with Crippen LogP contribution in [-0.4, -0.2) is 0 Å². The smallest absolute Gasteiger partial charge is 0.141 e. The lowest BCUT2D eigenvalue weighted by atomic mass is 9.96. The minimum absolute atomic E-state index is 0.113. The number of benzene rings is 2. The van der Waals surface area contributed by atoms with Gasteiger partial charge in [-0.25, -0.2) is 4.39 Å². The molecule has 0 fully saturated rings. The summed E-state index contributed by atoms with van der Waals surface area (Å²) in [5.74, 6) is -0.000674. The lowest BCUT2D eigenvalue weighted by Gasteiger charge is -2.11. The van der Waals surface area contributed by atoms with Crippen molar-refractivity contribution >= 4 is 17.3 Å². The van der Waals surface area contributed by atoms with Crippen LogP contribution in [0.1, 0.15) is 25.3 Å². The van der Waals surface area contributed by atoms with Crippen molar-refractivity contribution in [3.63, 3.8) is 0 Å². The number of nitrogens with two attached hydrogens (primary N) is 1. The van der Waals surface area contributed by atoms with Crippen LogP contribution in [0.25, 0.3) is 11.1 Å². The van der Waals surface area contributed by atoms with E-state index in [-0.39, 0.29) is 5.02 Å². The SMILES string of the molecule is CC(C)c1ccc(N)c(-c2ccc(F)c(Cl)c2)c1. The van der Waals surface area contributed by atoms with Crippen LogP contribution in [0.2, 0.25) is 5.02 Å². The summed E-state index contributed by atoms with van der Waals surface area (Å²) in [6.07, 6.45) is 0. The number of rotatable bonds is 2. The third kappa shape index (κ3) is 2.49. The van der Waals surface area contributed by atoms with Gasteiger partial charge in [0.05, 0.1) is 5.02 Å². The quantitative estimate of drug-likeness (QED) is 0.770. The Morgan fingerprint density at radius 2 is 1.83 bits per heavy atom. The van der Waals surface area contributed by atoms with Crippen LogP contribution in [0.4, 0.5) is 10.1 Å². The van der Waals surface area contributed by atoms with Gasteiger partial charge in [0.25, 0.3) is 0 Å². The van der Waals surface area contributed by atoms with Crippen LogP contribution >= 0.6 is 11.6 Å². The molecule has 0 aliphatic heterocycles. The van der Waals surface area contributed by atoms with Gasteiger partial charge in [-0.15, -0.1) is 0 Å². The molecule has 0 amide bonds. The summed E-state index contributed by atoms with van der Waals surface area (Å²) in [6.45, 7) is 4.24. The van der Waals surface area contributed by atoms with E-state index in [4.69, 9.17) is 17.3 Å². The van der Waals surface area contributed by atoms with E-state index >= 15 is 0 Å². The number of hydrogen-bond donors (Lipinski definition) is 1. The largest absolute Gasteiger partial charge is 0.398 e. The lowest BCUT2D eigenvalue weighted by Crippen LogP contribution is -1.94. The highest BCUT2D eigenvalue weighted by atomic mass is 35.5. The summed E-state index contributed by atoms with van der Waals surface area (Å²) in [7, 11) is 0. The van der Waals surface area contributed by atoms with Crippen LogP contribution in [0, 0.1) is 5.82 Å². The predicted molar refractivity (Wildman–Crippen MR) is 75.3 cm³/mol. The van der Waals surface area contributed by atoms with Gasteiger partial charge in [0.1, 0.15) is 5.82 Å². The Balaban J connectivity index is 2.55. The number of halogens is 2. The highest BCUT2D eigenvalue weighted by Crippen LogP contribution is 2.31. The van der Waals surface area contributed by atoms with E-state index in [0.717, 1.165) is 11.1 Å². The van der Waals surface area contributed by atoms with Gasteiger partial charge in [-0.2, -0.15) is 0 Å². The minimum Gasteiger partial charge on any atom is -0.398 e. The lowest BCUT2D eigenvalue weighted by molar-refractivity contribution is 0.628. The number of anilines is 1. The van der Waals surface area contributed by atoms with Crippen LogP contribution < -0.4 is 5.73 Å². The van der Waals surface area contributed by atoms with Gasteiger partial charge in [-0.3, -0.25) is 0 Å². The standard InChI is InChI=1S/C15H15ClFN/c1-9(2)10-4-6-15(18)12(7-10)11-3-5-14(17)13(16)8-11/h3-9H,18H2,1-2H3. The van der Waals surface area contributed by atoms with Crippen molar-refractivity contribution in [2.45, 2.75) is 19.8 Å². The zero-order valence-electron chi connectivity index (χ0n) is 10.4. The molecule has 2 rings (SSSR count). The summed E-state index contributed by atoms with van der Waals surface area (Å²) in [5, 5.41) is 0.113. The average molecular weight is 264 g/mol. The summed E-state index contributed by atoms with van der Waals surface area (Å²) in [4.78, 5) is 0. The monoisotopic (exact) mass is 263 g/mol. The van der Waals surface area contributed by atoms with E-state index in [1.54, 1.807) is 12.1 Å². The first-order valence-electron chi connectivity index (χ1n) is 5.84. The molecule has 1 nitrogen and oxygen atoms in total. The fraction of sp³-hybridized carbons (Fsp3) is 0.200. The number of hydrogen-bond acceptors (Lipinski definition) is 1. The van der Waals surface area contributed by atoms with Crippen molar-refractivity contribution in [3.05, 3.63) is 52.8 Å². The van der Waals surface area contributed by atoms with Crippen LogP contribution in [0.5, 0.6) is 0 Å². The van der Waals surface area contributed by atoms with Gasteiger partial charge < -0.3 is 5.73 Å². The van der Waals surface area contributed by atoms with Crippen LogP contribution in [0.15, 0.2) is 36.4 Å². The van der Waals surface area contributed by atoms with Crippen LogP contribution in [0.3, 0.4) is 0 Å². The first-order chi connectivity index (χ1) is 8.49. The molecule has 0 spiro atoms. The molecule has 0 atom stereocenters. The third-order valence-electron chi connectivity index (χ3n) is 2.97. The molecule has 0 saturated heterocycles. The van der Waals surface area contributed by atoms with Crippen LogP contribution in [-0.2, 0) is 0 Å². The van der Waals surface area contributed by atoms with Gasteiger partial charge in [0.2, 0.25) is 0 Å². The second-order valence-corrected chi connectivity index (χ2v) is 5.04. The topological polar surface area (TPSA) is 26.0 Å². The molecule has 0 aliphatic carbocycles. The zero-order chi connectivity index (χ0) is 13.3. The molecule has 0 unspecified atom stereocenters. The van der Waals surface area contributed by atoms with Crippen molar-refractivity contribution in [1.82, 2.24) is 0 Å². The predicted octanol–water partition coefficient (Wildman–Crippen LogP) is 4.85. The fourth-order valence-corrected chi connectivity index (χ4v) is 2.03. The Morgan fingerprint density at radius 1 is 1.11 bits per heavy atom. The Kier molecular flexibility index (Phi) is 3.58. The van der Waals surface area contributed by atoms with E-state index in [9.17, 15) is 4.39 Å². The molecule has 0 aliphatic rings. The summed E-state index contributed by atoms with van der Waals surface area (Å²) >= 11 is 5.80. The molecular weight excluding hydrogens is 249 g/mol. The molecule has 94 valence electrons. The molecule has 0 bridgehead atoms. The van der Waals surface area contributed by atoms with Gasteiger partial charge in [-0.1, -0.05) is 37.6 Å². The van der Waals surface area contributed by atoms with E-state index in [0.29, 0.717) is 11.6 Å². The highest BCUT2D eigenvalue weighted by molar-refractivity contribution is 6.31. The van der Waals surface area contributed by atoms with E-state index < -0.39 is 5.82 Å². The van der Waals surface area contributed by atoms with Gasteiger partial charge >= 0.3 is 0 Å². The molecule has 2 aromatic carbocycles. The average Bonchev–Trinajstić information content (AvgIpc) is 2.33. The maximum absolute atomic E-state index is 13.2. The second kappa shape index (κ2) is 4.99. The Morgan fingerprint density at radius 3 is 2.44 bits per heavy atom. The molecule has 0 aromatic heterocycles. The van der Waals surface area contributed by atoms with Crippen molar-refractivity contribution in [2.75, 3.05) is 5.73 Å². The van der Waals surface area contributed by atoms with E-state index in [1.165, 1.54) is 11.6 Å². The molecular formula is C15H15ClFN. The summed E-state index contributed by atoms with van der Waals surface area (Å²) in [6, 6.07) is 10.6. The highest BCUT2D eigenvalue weighted by Gasteiger charge is 2.08. The van der Waals surface area contributed by atoms with Gasteiger partial charge in [0.15, 0.2) is 0 Å². The molecule has 0 heterocycles. The normalized spacial score (nSPS) is 10.9. The van der Waals surface area contributed by atoms with Crippen molar-refractivity contribution < 1.29 is 4.39 Å². The Hall–Kier alpha value is -1.54. The Bertz CT molecular complexity index is 579. The summed E-state index contributed by atoms with van der Waals surface area (Å²) < 4.78 is 13.2. The molecule has 0 saturated carbocycles. The first kappa shape index (κ1) is 12.9. The van der Waals surface area contributed by atoms with Gasteiger partial charge in [0, 0.05) is 11.3 Å². The Labute approximate surface area is 111 Å². The number of nitrogen functional groups attached to an aromatic ring is 1.